The van der Waals surface area contributed by atoms with Crippen LogP contribution in [-0.2, 0) is 4.79 Å². The Morgan fingerprint density at radius 2 is 1.70 bits per heavy atom. The summed E-state index contributed by atoms with van der Waals surface area (Å²) >= 11 is 0. The predicted molar refractivity (Wildman–Crippen MR) is 83.2 cm³/mol. The quantitative estimate of drug-likeness (QED) is 0.802. The van der Waals surface area contributed by atoms with Crippen molar-refractivity contribution in [1.29, 1.82) is 0 Å². The van der Waals surface area contributed by atoms with Crippen molar-refractivity contribution in [3.8, 4) is 0 Å². The molecule has 20 heavy (non-hydrogen) atoms. The molecule has 3 nitrogen and oxygen atoms in total. The topological polar surface area (TPSA) is 46.3 Å². The highest BCUT2D eigenvalue weighted by molar-refractivity contribution is 5.79. The molecule has 3 heteroatoms. The van der Waals surface area contributed by atoms with Crippen LogP contribution in [0.1, 0.15) is 59.8 Å². The van der Waals surface area contributed by atoms with Crippen LogP contribution in [0.2, 0.25) is 0 Å². The molecule has 2 rings (SSSR count). The Morgan fingerprint density at radius 3 is 2.20 bits per heavy atom. The number of amides is 1. The molecule has 1 amide bonds. The molecular weight excluding hydrogens is 248 g/mol. The first kappa shape index (κ1) is 15.8. The van der Waals surface area contributed by atoms with Crippen LogP contribution in [-0.4, -0.2) is 29.9 Å². The van der Waals surface area contributed by atoms with Crippen molar-refractivity contribution in [3.63, 3.8) is 0 Å². The number of nitrogens with zero attached hydrogens (tertiary/aromatic N) is 1. The zero-order chi connectivity index (χ0) is 14.9. The maximum absolute atomic E-state index is 12.6. The van der Waals surface area contributed by atoms with Gasteiger partial charge in [-0.2, -0.15) is 0 Å². The molecular formula is C17H32N2O. The highest BCUT2D eigenvalue weighted by Gasteiger charge is 2.35. The highest BCUT2D eigenvalue weighted by atomic mass is 16.2. The van der Waals surface area contributed by atoms with Gasteiger partial charge in [0.2, 0.25) is 5.91 Å². The van der Waals surface area contributed by atoms with Gasteiger partial charge in [-0.25, -0.2) is 0 Å². The number of carbonyl (C=O) groups excluding carboxylic acids is 1. The molecule has 0 aromatic rings. The number of piperidine rings is 1. The molecule has 0 aromatic heterocycles. The van der Waals surface area contributed by atoms with Crippen molar-refractivity contribution in [2.24, 2.45) is 28.9 Å². The van der Waals surface area contributed by atoms with E-state index in [-0.39, 0.29) is 12.0 Å². The monoisotopic (exact) mass is 280 g/mol. The summed E-state index contributed by atoms with van der Waals surface area (Å²) in [6.07, 6.45) is 5.34. The summed E-state index contributed by atoms with van der Waals surface area (Å²) in [5.74, 6) is 1.89. The molecule has 2 aliphatic rings. The van der Waals surface area contributed by atoms with Crippen LogP contribution in [0, 0.1) is 23.2 Å². The second kappa shape index (κ2) is 6.05. The summed E-state index contributed by atoms with van der Waals surface area (Å²) in [6.45, 7) is 11.0. The summed E-state index contributed by atoms with van der Waals surface area (Å²) in [5.41, 5.74) is 6.52. The Hall–Kier alpha value is -0.570. The molecule has 0 spiro atoms. The van der Waals surface area contributed by atoms with Crippen LogP contribution in [0.3, 0.4) is 0 Å². The molecule has 2 fully saturated rings. The van der Waals surface area contributed by atoms with Crippen molar-refractivity contribution in [3.05, 3.63) is 0 Å². The normalized spacial score (nSPS) is 33.2. The number of likely N-dealkylation sites (tertiary alicyclic amines) is 1. The van der Waals surface area contributed by atoms with E-state index in [2.05, 4.69) is 32.6 Å². The van der Waals surface area contributed by atoms with Crippen LogP contribution in [0.5, 0.6) is 0 Å². The van der Waals surface area contributed by atoms with E-state index in [1.54, 1.807) is 0 Å². The molecule has 3 unspecified atom stereocenters. The Balaban J connectivity index is 1.86. The lowest BCUT2D eigenvalue weighted by molar-refractivity contribution is -0.139. The van der Waals surface area contributed by atoms with E-state index in [1.165, 1.54) is 0 Å². The minimum Gasteiger partial charge on any atom is -0.342 e. The molecule has 1 heterocycles. The smallest absolute Gasteiger partial charge is 0.225 e. The van der Waals surface area contributed by atoms with Crippen molar-refractivity contribution in [1.82, 2.24) is 4.90 Å². The van der Waals surface area contributed by atoms with E-state index in [0.717, 1.165) is 51.1 Å². The van der Waals surface area contributed by atoms with Gasteiger partial charge in [0, 0.05) is 25.0 Å². The van der Waals surface area contributed by atoms with E-state index in [4.69, 9.17) is 5.73 Å². The Morgan fingerprint density at radius 1 is 1.10 bits per heavy atom. The van der Waals surface area contributed by atoms with Gasteiger partial charge in [-0.3, -0.25) is 4.79 Å². The Kier molecular flexibility index (Phi) is 4.78. The van der Waals surface area contributed by atoms with Crippen LogP contribution in [0.25, 0.3) is 0 Å². The third-order valence-corrected chi connectivity index (χ3v) is 5.64. The first-order valence-electron chi connectivity index (χ1n) is 8.33. The van der Waals surface area contributed by atoms with Crippen LogP contribution in [0.15, 0.2) is 0 Å². The summed E-state index contributed by atoms with van der Waals surface area (Å²) in [6, 6.07) is 0.213. The molecule has 1 saturated heterocycles. The number of hydrogen-bond donors (Lipinski definition) is 1. The lowest BCUT2D eigenvalue weighted by atomic mass is 9.74. The molecule has 116 valence electrons. The van der Waals surface area contributed by atoms with Crippen molar-refractivity contribution in [2.75, 3.05) is 13.1 Å². The standard InChI is InChI=1S/C17H32N2O/c1-12-5-6-13(11-15(12)18)16(20)19-9-7-14(8-10-19)17(2,3)4/h12-15H,5-11,18H2,1-4H3. The third-order valence-electron chi connectivity index (χ3n) is 5.64. The fraction of sp³-hybridized carbons (Fsp3) is 0.941. The second-order valence-corrected chi connectivity index (χ2v) is 8.12. The number of rotatable bonds is 1. The van der Waals surface area contributed by atoms with Crippen molar-refractivity contribution >= 4 is 5.91 Å². The largest absolute Gasteiger partial charge is 0.342 e. The fourth-order valence-electron chi connectivity index (χ4n) is 3.81. The van der Waals surface area contributed by atoms with E-state index in [9.17, 15) is 4.79 Å². The number of nitrogens with two attached hydrogens (primary N) is 1. The second-order valence-electron chi connectivity index (χ2n) is 8.12. The zero-order valence-corrected chi connectivity index (χ0v) is 13.7. The summed E-state index contributed by atoms with van der Waals surface area (Å²) in [5, 5.41) is 0. The maximum atomic E-state index is 12.6. The van der Waals surface area contributed by atoms with Gasteiger partial charge in [0.1, 0.15) is 0 Å². The van der Waals surface area contributed by atoms with Gasteiger partial charge in [-0.05, 0) is 49.4 Å². The molecule has 0 aromatic carbocycles. The molecule has 3 atom stereocenters. The third kappa shape index (κ3) is 3.55. The average molecular weight is 280 g/mol. The Bertz CT molecular complexity index is 339. The van der Waals surface area contributed by atoms with Gasteiger partial charge in [0.25, 0.3) is 0 Å². The molecule has 0 radical (unpaired) electrons. The minimum absolute atomic E-state index is 0.187. The van der Waals surface area contributed by atoms with E-state index < -0.39 is 0 Å². The minimum atomic E-state index is 0.187. The predicted octanol–water partition coefficient (Wildman–Crippen LogP) is 3.03. The number of hydrogen-bond acceptors (Lipinski definition) is 2. The summed E-state index contributed by atoms with van der Waals surface area (Å²) < 4.78 is 0. The molecule has 1 aliphatic carbocycles. The van der Waals surface area contributed by atoms with E-state index in [1.807, 2.05) is 0 Å². The van der Waals surface area contributed by atoms with Crippen LogP contribution in [0.4, 0.5) is 0 Å². The van der Waals surface area contributed by atoms with Gasteiger partial charge in [-0.15, -0.1) is 0 Å². The average Bonchev–Trinajstić information content (AvgIpc) is 2.40. The van der Waals surface area contributed by atoms with Crippen LogP contribution < -0.4 is 5.73 Å². The highest BCUT2D eigenvalue weighted by Crippen LogP contribution is 2.35. The maximum Gasteiger partial charge on any atom is 0.225 e. The van der Waals surface area contributed by atoms with Gasteiger partial charge in [0.05, 0.1) is 0 Å². The van der Waals surface area contributed by atoms with Crippen molar-refractivity contribution < 1.29 is 4.79 Å². The van der Waals surface area contributed by atoms with Gasteiger partial charge >= 0.3 is 0 Å². The molecule has 1 saturated carbocycles. The molecule has 1 aliphatic heterocycles. The van der Waals surface area contributed by atoms with Crippen LogP contribution >= 0.6 is 0 Å². The first-order chi connectivity index (χ1) is 9.29. The van der Waals surface area contributed by atoms with Gasteiger partial charge in [0.15, 0.2) is 0 Å². The van der Waals surface area contributed by atoms with E-state index >= 15 is 0 Å². The summed E-state index contributed by atoms with van der Waals surface area (Å²) in [7, 11) is 0. The Labute approximate surface area is 124 Å². The van der Waals surface area contributed by atoms with Crippen molar-refractivity contribution in [2.45, 2.75) is 65.8 Å². The number of carbonyl (C=O) groups is 1. The van der Waals surface area contributed by atoms with Gasteiger partial charge < -0.3 is 10.6 Å². The molecule has 2 N–H and O–H groups in total. The zero-order valence-electron chi connectivity index (χ0n) is 13.7. The van der Waals surface area contributed by atoms with Gasteiger partial charge in [-0.1, -0.05) is 27.7 Å². The lowest BCUT2D eigenvalue weighted by Crippen LogP contribution is -2.47. The lowest BCUT2D eigenvalue weighted by Gasteiger charge is -2.41. The molecule has 0 bridgehead atoms. The first-order valence-corrected chi connectivity index (χ1v) is 8.33. The van der Waals surface area contributed by atoms with E-state index in [0.29, 0.717) is 17.2 Å². The summed E-state index contributed by atoms with van der Waals surface area (Å²) in [4.78, 5) is 14.7. The fourth-order valence-corrected chi connectivity index (χ4v) is 3.81. The SMILES string of the molecule is CC1CCC(C(=O)N2CCC(C(C)(C)C)CC2)CC1N.